The average Bonchev–Trinajstić information content (AvgIpc) is 2.33. The molecule has 0 atom stereocenters. The number of rotatable bonds is 2. The quantitative estimate of drug-likeness (QED) is 0.789. The normalized spacial score (nSPS) is 10.2. The molecule has 0 aromatic carbocycles. The Morgan fingerprint density at radius 1 is 1.40 bits per heavy atom. The van der Waals surface area contributed by atoms with Gasteiger partial charge in [0, 0.05) is 0 Å². The van der Waals surface area contributed by atoms with E-state index in [0.717, 1.165) is 0 Å². The fourth-order valence-corrected chi connectivity index (χ4v) is 1.21. The fourth-order valence-electron chi connectivity index (χ4n) is 1.21. The molecular formula is C14H17N3O3. The van der Waals surface area contributed by atoms with Crippen LogP contribution >= 0.6 is 0 Å². The standard InChI is InChI=1S/C14H17N3O3/c1-14(2,3)20-13(19)16-9-5-7-10-6-4-8-11(17-10)12(15)18/h4,6,8H,9H2,1-3H3,(H2,15,18)(H,16,19). The molecule has 0 radical (unpaired) electrons. The molecule has 0 bridgehead atoms. The van der Waals surface area contributed by atoms with E-state index in [0.29, 0.717) is 5.69 Å². The number of aromatic nitrogens is 1. The van der Waals surface area contributed by atoms with Gasteiger partial charge >= 0.3 is 6.09 Å². The second-order valence-electron chi connectivity index (χ2n) is 4.93. The summed E-state index contributed by atoms with van der Waals surface area (Å²) in [5, 5.41) is 2.49. The summed E-state index contributed by atoms with van der Waals surface area (Å²) in [5.74, 6) is 4.82. The molecule has 106 valence electrons. The van der Waals surface area contributed by atoms with E-state index in [-0.39, 0.29) is 12.2 Å². The van der Waals surface area contributed by atoms with Crippen molar-refractivity contribution in [3.05, 3.63) is 29.6 Å². The maximum Gasteiger partial charge on any atom is 0.408 e. The van der Waals surface area contributed by atoms with Crippen LogP contribution in [0.2, 0.25) is 0 Å². The second-order valence-corrected chi connectivity index (χ2v) is 4.93. The van der Waals surface area contributed by atoms with E-state index < -0.39 is 17.6 Å². The van der Waals surface area contributed by atoms with Crippen molar-refractivity contribution >= 4 is 12.0 Å². The minimum Gasteiger partial charge on any atom is -0.444 e. The predicted octanol–water partition coefficient (Wildman–Crippen LogP) is 1.06. The molecule has 0 spiro atoms. The monoisotopic (exact) mass is 275 g/mol. The number of alkyl carbamates (subject to hydrolysis) is 1. The fraction of sp³-hybridized carbons (Fsp3) is 0.357. The highest BCUT2D eigenvalue weighted by molar-refractivity contribution is 5.90. The molecular weight excluding hydrogens is 258 g/mol. The molecule has 1 heterocycles. The number of carbonyl (C=O) groups excluding carboxylic acids is 2. The molecule has 6 heteroatoms. The van der Waals surface area contributed by atoms with Gasteiger partial charge in [0.2, 0.25) is 0 Å². The second kappa shape index (κ2) is 6.57. The van der Waals surface area contributed by atoms with Crippen LogP contribution in [0.25, 0.3) is 0 Å². The minimum absolute atomic E-state index is 0.122. The van der Waals surface area contributed by atoms with Gasteiger partial charge in [-0.3, -0.25) is 4.79 Å². The highest BCUT2D eigenvalue weighted by Gasteiger charge is 2.14. The van der Waals surface area contributed by atoms with E-state index in [1.54, 1.807) is 32.9 Å². The van der Waals surface area contributed by atoms with Gasteiger partial charge < -0.3 is 15.8 Å². The number of nitrogens with one attached hydrogen (secondary N) is 1. The van der Waals surface area contributed by atoms with Gasteiger partial charge in [-0.2, -0.15) is 0 Å². The highest BCUT2D eigenvalue weighted by atomic mass is 16.6. The van der Waals surface area contributed by atoms with Crippen molar-refractivity contribution in [1.29, 1.82) is 0 Å². The maximum absolute atomic E-state index is 11.3. The Bertz CT molecular complexity index is 565. The van der Waals surface area contributed by atoms with Crippen LogP contribution in [0.5, 0.6) is 0 Å². The summed E-state index contributed by atoms with van der Waals surface area (Å²) in [6.45, 7) is 5.45. The molecule has 20 heavy (non-hydrogen) atoms. The lowest BCUT2D eigenvalue weighted by Gasteiger charge is -2.18. The SMILES string of the molecule is CC(C)(C)OC(=O)NCC#Cc1cccc(C(N)=O)n1. The Labute approximate surface area is 117 Å². The van der Waals surface area contributed by atoms with Crippen LogP contribution in [0.15, 0.2) is 18.2 Å². The van der Waals surface area contributed by atoms with Gasteiger partial charge in [-0.1, -0.05) is 12.0 Å². The molecule has 0 unspecified atom stereocenters. The molecule has 0 fully saturated rings. The van der Waals surface area contributed by atoms with Crippen LogP contribution in [0.3, 0.4) is 0 Å². The average molecular weight is 275 g/mol. The molecule has 3 N–H and O–H groups in total. The van der Waals surface area contributed by atoms with E-state index in [2.05, 4.69) is 22.1 Å². The molecule has 0 aliphatic rings. The summed E-state index contributed by atoms with van der Waals surface area (Å²) in [7, 11) is 0. The van der Waals surface area contributed by atoms with Gasteiger partial charge in [0.1, 0.15) is 17.0 Å². The third-order valence-corrected chi connectivity index (χ3v) is 1.94. The predicted molar refractivity (Wildman–Crippen MR) is 73.9 cm³/mol. The lowest BCUT2D eigenvalue weighted by molar-refractivity contribution is 0.0535. The molecule has 0 aliphatic heterocycles. The number of nitrogens with two attached hydrogens (primary N) is 1. The van der Waals surface area contributed by atoms with Gasteiger partial charge in [-0.25, -0.2) is 9.78 Å². The number of primary amides is 1. The Morgan fingerprint density at radius 3 is 2.70 bits per heavy atom. The zero-order chi connectivity index (χ0) is 15.2. The first-order valence-electron chi connectivity index (χ1n) is 6.00. The van der Waals surface area contributed by atoms with Crippen molar-refractivity contribution in [3.63, 3.8) is 0 Å². The lowest BCUT2D eigenvalue weighted by atomic mass is 10.2. The zero-order valence-corrected chi connectivity index (χ0v) is 11.7. The van der Waals surface area contributed by atoms with Crippen LogP contribution in [-0.2, 0) is 4.74 Å². The number of pyridine rings is 1. The van der Waals surface area contributed by atoms with Gasteiger partial charge in [0.05, 0.1) is 6.54 Å². The Morgan fingerprint density at radius 2 is 2.10 bits per heavy atom. The number of hydrogen-bond acceptors (Lipinski definition) is 4. The molecule has 1 aromatic heterocycles. The van der Waals surface area contributed by atoms with Gasteiger partial charge in [0.15, 0.2) is 0 Å². The molecule has 2 amide bonds. The number of hydrogen-bond donors (Lipinski definition) is 2. The smallest absolute Gasteiger partial charge is 0.408 e. The minimum atomic E-state index is -0.611. The molecule has 6 nitrogen and oxygen atoms in total. The van der Waals surface area contributed by atoms with Gasteiger partial charge in [-0.15, -0.1) is 0 Å². The topological polar surface area (TPSA) is 94.3 Å². The van der Waals surface area contributed by atoms with E-state index in [4.69, 9.17) is 10.5 Å². The maximum atomic E-state index is 11.3. The lowest BCUT2D eigenvalue weighted by Crippen LogP contribution is -2.32. The van der Waals surface area contributed by atoms with Crippen molar-refractivity contribution in [2.45, 2.75) is 26.4 Å². The van der Waals surface area contributed by atoms with E-state index >= 15 is 0 Å². The van der Waals surface area contributed by atoms with Crippen LogP contribution in [0, 0.1) is 11.8 Å². The summed E-state index contributed by atoms with van der Waals surface area (Å²) < 4.78 is 5.05. The summed E-state index contributed by atoms with van der Waals surface area (Å²) >= 11 is 0. The van der Waals surface area contributed by atoms with Crippen LogP contribution < -0.4 is 11.1 Å². The first-order valence-corrected chi connectivity index (χ1v) is 6.00. The number of carbonyl (C=O) groups is 2. The van der Waals surface area contributed by atoms with E-state index in [1.165, 1.54) is 6.07 Å². The van der Waals surface area contributed by atoms with E-state index in [1.807, 2.05) is 0 Å². The highest BCUT2D eigenvalue weighted by Crippen LogP contribution is 2.05. The Hall–Kier alpha value is -2.55. The number of nitrogens with zero attached hydrogens (tertiary/aromatic N) is 1. The third kappa shape index (κ3) is 5.87. The van der Waals surface area contributed by atoms with E-state index in [9.17, 15) is 9.59 Å². The molecule has 0 aliphatic carbocycles. The summed E-state index contributed by atoms with van der Waals surface area (Å²) in [4.78, 5) is 26.2. The molecule has 0 saturated heterocycles. The van der Waals surface area contributed by atoms with Crippen molar-refractivity contribution in [2.75, 3.05) is 6.54 Å². The van der Waals surface area contributed by atoms with Crippen molar-refractivity contribution in [3.8, 4) is 11.8 Å². The van der Waals surface area contributed by atoms with Crippen molar-refractivity contribution in [1.82, 2.24) is 10.3 Å². The molecule has 1 aromatic rings. The van der Waals surface area contributed by atoms with Crippen molar-refractivity contribution < 1.29 is 14.3 Å². The van der Waals surface area contributed by atoms with Gasteiger partial charge in [-0.05, 0) is 38.8 Å². The number of ether oxygens (including phenoxy) is 1. The van der Waals surface area contributed by atoms with Crippen LogP contribution in [0.1, 0.15) is 37.0 Å². The number of amides is 2. The van der Waals surface area contributed by atoms with Crippen LogP contribution in [0.4, 0.5) is 4.79 Å². The zero-order valence-electron chi connectivity index (χ0n) is 11.7. The summed E-state index contributed by atoms with van der Waals surface area (Å²) in [6.07, 6.45) is -0.536. The van der Waals surface area contributed by atoms with Crippen LogP contribution in [-0.4, -0.2) is 29.1 Å². The summed E-state index contributed by atoms with van der Waals surface area (Å²) in [5.41, 5.74) is 5.13. The Balaban J connectivity index is 2.53. The molecule has 1 rings (SSSR count). The Kier molecular flexibility index (Phi) is 5.09. The first-order chi connectivity index (χ1) is 9.28. The first kappa shape index (κ1) is 15.5. The largest absolute Gasteiger partial charge is 0.444 e. The third-order valence-electron chi connectivity index (χ3n) is 1.94. The summed E-state index contributed by atoms with van der Waals surface area (Å²) in [6, 6.07) is 4.79. The molecule has 0 saturated carbocycles. The van der Waals surface area contributed by atoms with Gasteiger partial charge in [0.25, 0.3) is 5.91 Å². The van der Waals surface area contributed by atoms with Crippen molar-refractivity contribution in [2.24, 2.45) is 5.73 Å².